The van der Waals surface area contributed by atoms with Crippen LogP contribution in [0.2, 0.25) is 0 Å². The molecular weight excluding hydrogens is 272 g/mol. The molecule has 3 N–H and O–H groups in total. The first-order valence-corrected chi connectivity index (χ1v) is 6.35. The Morgan fingerprint density at radius 3 is 2.95 bits per heavy atom. The van der Waals surface area contributed by atoms with Crippen LogP contribution in [0.3, 0.4) is 0 Å². The quantitative estimate of drug-likeness (QED) is 0.541. The summed E-state index contributed by atoms with van der Waals surface area (Å²) in [5.41, 5.74) is 6.62. The van der Waals surface area contributed by atoms with Crippen LogP contribution in [0.5, 0.6) is 0 Å². The summed E-state index contributed by atoms with van der Waals surface area (Å²) in [5.74, 6) is -0.421. The van der Waals surface area contributed by atoms with Crippen molar-refractivity contribution in [3.63, 3.8) is 0 Å². The van der Waals surface area contributed by atoms with Gasteiger partial charge in [-0.15, -0.1) is 0 Å². The van der Waals surface area contributed by atoms with Gasteiger partial charge in [0, 0.05) is 11.6 Å². The lowest BCUT2D eigenvalue weighted by molar-refractivity contribution is 0.0526. The summed E-state index contributed by atoms with van der Waals surface area (Å²) in [4.78, 5) is 34.4. The van der Waals surface area contributed by atoms with Crippen LogP contribution in [0.1, 0.15) is 17.3 Å². The molecule has 21 heavy (non-hydrogen) atoms. The van der Waals surface area contributed by atoms with Gasteiger partial charge < -0.3 is 10.5 Å². The second-order valence-corrected chi connectivity index (χ2v) is 4.42. The van der Waals surface area contributed by atoms with Gasteiger partial charge in [-0.25, -0.2) is 9.78 Å². The van der Waals surface area contributed by atoms with Gasteiger partial charge in [0.25, 0.3) is 5.56 Å². The molecule has 2 heterocycles. The molecule has 0 fully saturated rings. The molecule has 106 valence electrons. The van der Waals surface area contributed by atoms with Crippen molar-refractivity contribution >= 4 is 33.7 Å². The molecule has 3 aromatic rings. The standard InChI is InChI=1S/C14H12N4O3/c1-2-21-13(20)7-3-4-10-8(5-7)11-9(6-16-10)12(19)18-14(15)17-11/h3-6H,2H2,1H3,(H3,15,17,18,19). The molecule has 7 heteroatoms. The highest BCUT2D eigenvalue weighted by atomic mass is 16.5. The van der Waals surface area contributed by atoms with Crippen molar-refractivity contribution in [2.24, 2.45) is 0 Å². The molecule has 0 radical (unpaired) electrons. The molecule has 7 nitrogen and oxygen atoms in total. The van der Waals surface area contributed by atoms with Crippen LogP contribution in [0.15, 0.2) is 29.2 Å². The van der Waals surface area contributed by atoms with Crippen LogP contribution in [0, 0.1) is 0 Å². The molecule has 0 aliphatic carbocycles. The number of nitrogens with one attached hydrogen (secondary N) is 1. The Kier molecular flexibility index (Phi) is 3.02. The molecule has 1 aromatic carbocycles. The molecule has 0 unspecified atom stereocenters. The molecule has 3 rings (SSSR count). The fraction of sp³-hybridized carbons (Fsp3) is 0.143. The van der Waals surface area contributed by atoms with E-state index >= 15 is 0 Å². The molecule has 2 aromatic heterocycles. The Bertz CT molecular complexity index is 917. The van der Waals surface area contributed by atoms with Gasteiger partial charge in [-0.2, -0.15) is 0 Å². The zero-order valence-corrected chi connectivity index (χ0v) is 11.2. The maximum Gasteiger partial charge on any atom is 0.338 e. The Labute approximate surface area is 118 Å². The van der Waals surface area contributed by atoms with Crippen LogP contribution < -0.4 is 11.3 Å². The lowest BCUT2D eigenvalue weighted by Crippen LogP contribution is -2.12. The number of rotatable bonds is 2. The molecular formula is C14H12N4O3. The number of aromatic amines is 1. The first kappa shape index (κ1) is 13.0. The number of anilines is 1. The lowest BCUT2D eigenvalue weighted by Gasteiger charge is -2.05. The molecule has 0 spiro atoms. The van der Waals surface area contributed by atoms with Crippen molar-refractivity contribution in [1.82, 2.24) is 15.0 Å². The third-order valence-corrected chi connectivity index (χ3v) is 3.07. The number of hydrogen-bond acceptors (Lipinski definition) is 6. The van der Waals surface area contributed by atoms with Crippen LogP contribution in [0.25, 0.3) is 21.8 Å². The number of H-pyrrole nitrogens is 1. The molecule has 0 bridgehead atoms. The minimum atomic E-state index is -0.436. The number of fused-ring (bicyclic) bond motifs is 3. The summed E-state index contributed by atoms with van der Waals surface area (Å²) in [5, 5.41) is 0.897. The van der Waals surface area contributed by atoms with E-state index in [1.165, 1.54) is 6.20 Å². The number of hydrogen-bond donors (Lipinski definition) is 2. The zero-order chi connectivity index (χ0) is 15.0. The predicted octanol–water partition coefficient (Wildman–Crippen LogP) is 1.23. The summed E-state index contributed by atoms with van der Waals surface area (Å²) < 4.78 is 4.96. The maximum atomic E-state index is 11.9. The molecule has 0 saturated carbocycles. The number of carbonyl (C=O) groups excluding carboxylic acids is 1. The maximum absolute atomic E-state index is 11.9. The Balaban J connectivity index is 2.34. The number of nitrogens with zero attached hydrogens (tertiary/aromatic N) is 2. The highest BCUT2D eigenvalue weighted by Gasteiger charge is 2.12. The van der Waals surface area contributed by atoms with E-state index in [0.717, 1.165) is 0 Å². The average Bonchev–Trinajstić information content (AvgIpc) is 2.46. The van der Waals surface area contributed by atoms with E-state index in [9.17, 15) is 9.59 Å². The highest BCUT2D eigenvalue weighted by molar-refractivity contribution is 6.05. The predicted molar refractivity (Wildman–Crippen MR) is 78.0 cm³/mol. The van der Waals surface area contributed by atoms with Gasteiger partial charge in [0.05, 0.1) is 28.6 Å². The van der Waals surface area contributed by atoms with Gasteiger partial charge in [-0.1, -0.05) is 0 Å². The van der Waals surface area contributed by atoms with Gasteiger partial charge in [0.1, 0.15) is 0 Å². The first-order chi connectivity index (χ1) is 10.1. The van der Waals surface area contributed by atoms with E-state index in [-0.39, 0.29) is 18.1 Å². The minimum Gasteiger partial charge on any atom is -0.462 e. The van der Waals surface area contributed by atoms with Gasteiger partial charge in [0.2, 0.25) is 5.95 Å². The number of aromatic nitrogens is 3. The summed E-state index contributed by atoms with van der Waals surface area (Å²) in [7, 11) is 0. The van der Waals surface area contributed by atoms with E-state index in [1.807, 2.05) is 0 Å². The summed E-state index contributed by atoms with van der Waals surface area (Å²) >= 11 is 0. The zero-order valence-electron chi connectivity index (χ0n) is 11.2. The van der Waals surface area contributed by atoms with Crippen LogP contribution >= 0.6 is 0 Å². The molecule has 0 aliphatic heterocycles. The van der Waals surface area contributed by atoms with E-state index in [4.69, 9.17) is 10.5 Å². The number of esters is 1. The topological polar surface area (TPSA) is 111 Å². The number of nitrogens with two attached hydrogens (primary N) is 1. The number of ether oxygens (including phenoxy) is 1. The van der Waals surface area contributed by atoms with Gasteiger partial charge in [-0.05, 0) is 25.1 Å². The normalized spacial score (nSPS) is 10.9. The third-order valence-electron chi connectivity index (χ3n) is 3.07. The van der Waals surface area contributed by atoms with Crippen LogP contribution in [-0.2, 0) is 4.74 Å². The fourth-order valence-electron chi connectivity index (χ4n) is 2.14. The van der Waals surface area contributed by atoms with Crippen molar-refractivity contribution in [2.45, 2.75) is 6.92 Å². The second-order valence-electron chi connectivity index (χ2n) is 4.42. The highest BCUT2D eigenvalue weighted by Crippen LogP contribution is 2.21. The summed E-state index contributed by atoms with van der Waals surface area (Å²) in [6, 6.07) is 4.91. The Morgan fingerprint density at radius 1 is 1.38 bits per heavy atom. The van der Waals surface area contributed by atoms with E-state index in [0.29, 0.717) is 27.4 Å². The number of nitrogen functional groups attached to an aromatic ring is 1. The van der Waals surface area contributed by atoms with Crippen molar-refractivity contribution in [2.75, 3.05) is 12.3 Å². The number of pyridine rings is 1. The summed E-state index contributed by atoms with van der Waals surface area (Å²) in [6.45, 7) is 2.02. The monoisotopic (exact) mass is 284 g/mol. The number of benzene rings is 1. The molecule has 0 amide bonds. The van der Waals surface area contributed by atoms with Crippen molar-refractivity contribution in [3.8, 4) is 0 Å². The minimum absolute atomic E-state index is 0.0153. The third kappa shape index (κ3) is 2.18. The van der Waals surface area contributed by atoms with Crippen molar-refractivity contribution in [3.05, 3.63) is 40.3 Å². The fourth-order valence-corrected chi connectivity index (χ4v) is 2.14. The van der Waals surface area contributed by atoms with Crippen LogP contribution in [0.4, 0.5) is 5.95 Å². The Hall–Kier alpha value is -2.96. The summed E-state index contributed by atoms with van der Waals surface area (Å²) in [6.07, 6.45) is 1.44. The van der Waals surface area contributed by atoms with E-state index in [1.54, 1.807) is 25.1 Å². The van der Waals surface area contributed by atoms with Crippen molar-refractivity contribution in [1.29, 1.82) is 0 Å². The van der Waals surface area contributed by atoms with Gasteiger partial charge >= 0.3 is 5.97 Å². The van der Waals surface area contributed by atoms with Gasteiger partial charge in [0.15, 0.2) is 0 Å². The Morgan fingerprint density at radius 2 is 2.19 bits per heavy atom. The van der Waals surface area contributed by atoms with E-state index < -0.39 is 5.97 Å². The van der Waals surface area contributed by atoms with Crippen molar-refractivity contribution < 1.29 is 9.53 Å². The van der Waals surface area contributed by atoms with E-state index in [2.05, 4.69) is 15.0 Å². The second kappa shape index (κ2) is 4.86. The van der Waals surface area contributed by atoms with Gasteiger partial charge in [-0.3, -0.25) is 14.8 Å². The SMILES string of the molecule is CCOC(=O)c1ccc2ncc3c(=O)[nH]c(N)nc3c2c1. The number of carbonyl (C=O) groups is 1. The van der Waals surface area contributed by atoms with Crippen LogP contribution in [-0.4, -0.2) is 27.5 Å². The molecule has 0 saturated heterocycles. The molecule has 0 atom stereocenters. The lowest BCUT2D eigenvalue weighted by atomic mass is 10.1. The first-order valence-electron chi connectivity index (χ1n) is 6.35. The largest absolute Gasteiger partial charge is 0.462 e. The molecule has 0 aliphatic rings. The average molecular weight is 284 g/mol. The smallest absolute Gasteiger partial charge is 0.338 e.